The highest BCUT2D eigenvalue weighted by Crippen LogP contribution is 2.74. The van der Waals surface area contributed by atoms with Crippen molar-refractivity contribution in [2.45, 2.75) is 62.2 Å². The van der Waals surface area contributed by atoms with Crippen LogP contribution in [0.1, 0.15) is 43.7 Å². The predicted octanol–water partition coefficient (Wildman–Crippen LogP) is 2.30. The summed E-state index contributed by atoms with van der Waals surface area (Å²) in [7, 11) is 0. The van der Waals surface area contributed by atoms with Gasteiger partial charge < -0.3 is 19.7 Å². The Morgan fingerprint density at radius 1 is 1.32 bits per heavy atom. The van der Waals surface area contributed by atoms with Crippen LogP contribution in [0.5, 0.6) is 11.5 Å². The molecule has 164 valence electrons. The molecule has 1 aromatic rings. The van der Waals surface area contributed by atoms with Crippen molar-refractivity contribution in [3.05, 3.63) is 35.4 Å². The number of aliphatic hydroxyl groups is 1. The van der Waals surface area contributed by atoms with Crippen molar-refractivity contribution in [3.63, 3.8) is 0 Å². The number of esters is 1. The molecule has 6 heteroatoms. The van der Waals surface area contributed by atoms with Crippen LogP contribution in [-0.2, 0) is 21.4 Å². The van der Waals surface area contributed by atoms with Crippen molar-refractivity contribution in [2.24, 2.45) is 17.3 Å². The second-order valence-corrected chi connectivity index (χ2v) is 10.6. The third-order valence-corrected chi connectivity index (χ3v) is 9.35. The number of nitrogens with zero attached hydrogens (tertiary/aromatic N) is 1. The largest absolute Gasteiger partial charge is 0.504 e. The fraction of sp³-hybridized carbons (Fsp3) is 0.640. The van der Waals surface area contributed by atoms with Crippen LogP contribution < -0.4 is 4.74 Å². The average molecular weight is 424 g/mol. The fourth-order valence-corrected chi connectivity index (χ4v) is 7.99. The first-order chi connectivity index (χ1) is 14.9. The van der Waals surface area contributed by atoms with E-state index in [-0.39, 0.29) is 23.2 Å². The Hall–Kier alpha value is -2.05. The van der Waals surface area contributed by atoms with Crippen LogP contribution in [-0.4, -0.2) is 58.5 Å². The summed E-state index contributed by atoms with van der Waals surface area (Å²) in [6.45, 7) is 4.17. The Balaban J connectivity index is 1.46. The summed E-state index contributed by atoms with van der Waals surface area (Å²) in [5.74, 6) is 0.438. The number of benzene rings is 1. The lowest BCUT2D eigenvalue weighted by molar-refractivity contribution is -0.215. The smallest absolute Gasteiger partial charge is 0.312 e. The molecule has 3 fully saturated rings. The van der Waals surface area contributed by atoms with Crippen LogP contribution >= 0.6 is 0 Å². The molecule has 31 heavy (non-hydrogen) atoms. The van der Waals surface area contributed by atoms with Crippen molar-refractivity contribution in [2.75, 3.05) is 19.7 Å². The van der Waals surface area contributed by atoms with Crippen LogP contribution in [0.3, 0.4) is 0 Å². The topological polar surface area (TPSA) is 79.2 Å². The molecule has 4 bridgehead atoms. The molecule has 2 saturated carbocycles. The highest BCUT2D eigenvalue weighted by atomic mass is 16.5. The minimum absolute atomic E-state index is 0.132. The van der Waals surface area contributed by atoms with E-state index in [0.29, 0.717) is 18.8 Å². The standard InChI is InChI=1S/C25H29NO5/c1-2-30-21(28)16-12-23-7-8-25(16,29)22-24(23)9-10-26(13-14-3-4-14)18(23)11-15-5-6-17(27)20(31-22)19(15)24/h5-8,14,16,18,22,27,29H,2-4,9-13H2,1H3/t16-,18-,22-,23-,24+,25-/m1/s1. The molecule has 2 spiro atoms. The molecule has 0 unspecified atom stereocenters. The van der Waals surface area contributed by atoms with Crippen molar-refractivity contribution in [1.82, 2.24) is 4.90 Å². The number of phenols is 1. The molecular weight excluding hydrogens is 394 g/mol. The molecule has 5 aliphatic carbocycles. The SMILES string of the molecule is CCOC(=O)[C@H]1C[C@@]23C=C[C@]1(O)[C@@H]1Oc4c(O)ccc5c4[C@@]12CCN(CC1CC1)[C@@H]3C5. The van der Waals surface area contributed by atoms with Gasteiger partial charge in [0.1, 0.15) is 11.7 Å². The molecule has 1 saturated heterocycles. The quantitative estimate of drug-likeness (QED) is 0.572. The highest BCUT2D eigenvalue weighted by molar-refractivity contribution is 5.78. The minimum atomic E-state index is -1.43. The number of ether oxygens (including phenoxy) is 2. The van der Waals surface area contributed by atoms with E-state index in [9.17, 15) is 15.0 Å². The van der Waals surface area contributed by atoms with Gasteiger partial charge in [0.2, 0.25) is 0 Å². The zero-order chi connectivity index (χ0) is 21.2. The van der Waals surface area contributed by atoms with Crippen molar-refractivity contribution < 1.29 is 24.5 Å². The van der Waals surface area contributed by atoms with Crippen LogP contribution in [0.4, 0.5) is 0 Å². The molecule has 0 radical (unpaired) electrons. The van der Waals surface area contributed by atoms with Crippen LogP contribution in [0.15, 0.2) is 24.3 Å². The number of likely N-dealkylation sites (tertiary alicyclic amines) is 1. The van der Waals surface area contributed by atoms with E-state index >= 15 is 0 Å². The van der Waals surface area contributed by atoms with E-state index in [2.05, 4.69) is 11.0 Å². The first-order valence-electron chi connectivity index (χ1n) is 11.8. The first kappa shape index (κ1) is 18.5. The number of hydrogen-bond acceptors (Lipinski definition) is 6. The van der Waals surface area contributed by atoms with E-state index in [1.54, 1.807) is 13.0 Å². The molecule has 1 aromatic carbocycles. The summed E-state index contributed by atoms with van der Waals surface area (Å²) >= 11 is 0. The molecule has 8 rings (SSSR count). The second kappa shape index (κ2) is 5.65. The number of carbonyl (C=O) groups excluding carboxylic acids is 1. The third kappa shape index (κ3) is 1.96. The maximum absolute atomic E-state index is 13.0. The molecule has 6 atom stereocenters. The molecule has 6 nitrogen and oxygen atoms in total. The van der Waals surface area contributed by atoms with Gasteiger partial charge >= 0.3 is 5.97 Å². The summed E-state index contributed by atoms with van der Waals surface area (Å²) < 4.78 is 11.9. The van der Waals surface area contributed by atoms with Crippen LogP contribution in [0.2, 0.25) is 0 Å². The number of piperidine rings is 1. The number of fused-ring (bicyclic) bond motifs is 1. The Morgan fingerprint density at radius 2 is 2.16 bits per heavy atom. The van der Waals surface area contributed by atoms with Gasteiger partial charge in [-0.05, 0) is 63.1 Å². The number of hydrogen-bond donors (Lipinski definition) is 2. The van der Waals surface area contributed by atoms with Gasteiger partial charge in [0, 0.05) is 23.6 Å². The average Bonchev–Trinajstić information content (AvgIpc) is 3.49. The first-order valence-corrected chi connectivity index (χ1v) is 11.8. The Morgan fingerprint density at radius 3 is 2.94 bits per heavy atom. The van der Waals surface area contributed by atoms with Crippen molar-refractivity contribution >= 4 is 5.97 Å². The molecule has 7 aliphatic rings. The van der Waals surface area contributed by atoms with E-state index < -0.39 is 23.0 Å². The van der Waals surface area contributed by atoms with Gasteiger partial charge in [-0.2, -0.15) is 0 Å². The number of carbonyl (C=O) groups is 1. The lowest BCUT2D eigenvalue weighted by Crippen LogP contribution is -2.79. The summed E-state index contributed by atoms with van der Waals surface area (Å²) in [5.41, 5.74) is 0.163. The van der Waals surface area contributed by atoms with Gasteiger partial charge in [0.15, 0.2) is 11.5 Å². The normalized spacial score (nSPS) is 43.5. The molecule has 0 aromatic heterocycles. The van der Waals surface area contributed by atoms with Gasteiger partial charge in [-0.1, -0.05) is 18.2 Å². The zero-order valence-electron chi connectivity index (χ0n) is 17.8. The zero-order valence-corrected chi connectivity index (χ0v) is 17.8. The highest BCUT2D eigenvalue weighted by Gasteiger charge is 2.79. The molecule has 0 amide bonds. The van der Waals surface area contributed by atoms with E-state index in [1.165, 1.54) is 18.4 Å². The number of phenolic OH excluding ortho intramolecular Hbond substituents is 1. The van der Waals surface area contributed by atoms with Crippen LogP contribution in [0.25, 0.3) is 0 Å². The summed E-state index contributed by atoms with van der Waals surface area (Å²) in [6, 6.07) is 4.03. The van der Waals surface area contributed by atoms with Gasteiger partial charge in [-0.3, -0.25) is 9.69 Å². The fourth-order valence-electron chi connectivity index (χ4n) is 7.99. The summed E-state index contributed by atoms with van der Waals surface area (Å²) in [4.78, 5) is 15.7. The van der Waals surface area contributed by atoms with Gasteiger partial charge in [0.25, 0.3) is 0 Å². The molecule has 2 aliphatic heterocycles. The number of rotatable bonds is 4. The minimum Gasteiger partial charge on any atom is -0.504 e. The number of aromatic hydroxyl groups is 1. The lowest BCUT2D eigenvalue weighted by Gasteiger charge is -2.70. The lowest BCUT2D eigenvalue weighted by atomic mass is 9.37. The van der Waals surface area contributed by atoms with Crippen molar-refractivity contribution in [3.8, 4) is 11.5 Å². The van der Waals surface area contributed by atoms with E-state index in [4.69, 9.17) is 9.47 Å². The van der Waals surface area contributed by atoms with E-state index in [0.717, 1.165) is 37.4 Å². The molecular formula is C25H29NO5. The van der Waals surface area contributed by atoms with Gasteiger partial charge in [-0.15, -0.1) is 0 Å². The Kier molecular flexibility index (Phi) is 3.37. The molecule has 2 heterocycles. The second-order valence-electron chi connectivity index (χ2n) is 10.6. The summed E-state index contributed by atoms with van der Waals surface area (Å²) in [6.07, 6.45) is 8.40. The maximum Gasteiger partial charge on any atom is 0.312 e. The van der Waals surface area contributed by atoms with Gasteiger partial charge in [0.05, 0.1) is 17.9 Å². The third-order valence-electron chi connectivity index (χ3n) is 9.35. The van der Waals surface area contributed by atoms with E-state index in [1.807, 2.05) is 12.1 Å². The summed E-state index contributed by atoms with van der Waals surface area (Å²) in [5, 5.41) is 22.6. The predicted molar refractivity (Wildman–Crippen MR) is 112 cm³/mol. The van der Waals surface area contributed by atoms with Gasteiger partial charge in [-0.25, -0.2) is 0 Å². The Labute approximate surface area is 181 Å². The maximum atomic E-state index is 13.0. The van der Waals surface area contributed by atoms with Crippen LogP contribution in [0, 0.1) is 17.3 Å². The molecule has 2 N–H and O–H groups in total. The monoisotopic (exact) mass is 423 g/mol. The van der Waals surface area contributed by atoms with Crippen molar-refractivity contribution in [1.29, 1.82) is 0 Å². The Bertz CT molecular complexity index is 1030.